The van der Waals surface area contributed by atoms with Gasteiger partial charge in [0.05, 0.1) is 16.1 Å². The van der Waals surface area contributed by atoms with Crippen molar-refractivity contribution >= 4 is 16.1 Å². The smallest absolute Gasteiger partial charge is 0.102 e. The fourth-order valence-electron chi connectivity index (χ4n) is 2.57. The SMILES string of the molecule is C=C=C(C(O)(c1ccccc1)[Si](C)(C)C)[Si](C)(C)C. The Morgan fingerprint density at radius 1 is 1.05 bits per heavy atom. The summed E-state index contributed by atoms with van der Waals surface area (Å²) >= 11 is 0. The van der Waals surface area contributed by atoms with Crippen LogP contribution in [0.1, 0.15) is 5.56 Å². The van der Waals surface area contributed by atoms with E-state index in [-0.39, 0.29) is 0 Å². The largest absolute Gasteiger partial charge is 0.384 e. The maximum absolute atomic E-state index is 11.6. The van der Waals surface area contributed by atoms with Crippen molar-refractivity contribution in [2.75, 3.05) is 0 Å². The van der Waals surface area contributed by atoms with Crippen LogP contribution in [0, 0.1) is 0 Å². The van der Waals surface area contributed by atoms with Gasteiger partial charge >= 0.3 is 0 Å². The van der Waals surface area contributed by atoms with Gasteiger partial charge < -0.3 is 5.11 Å². The first-order valence-electron chi connectivity index (χ1n) is 6.74. The van der Waals surface area contributed by atoms with Crippen molar-refractivity contribution < 1.29 is 5.11 Å². The molecule has 1 nitrogen and oxygen atoms in total. The van der Waals surface area contributed by atoms with E-state index in [2.05, 4.69) is 51.6 Å². The minimum Gasteiger partial charge on any atom is -0.384 e. The lowest BCUT2D eigenvalue weighted by Crippen LogP contribution is -2.55. The standard InChI is InChI=1S/C16H26OSi2/c1-8-15(18(2,3)4)16(17,19(5,6)7)14-12-10-9-11-13-14/h9-13,17H,1H2,2-7H3. The Bertz CT molecular complexity index is 488. The second-order valence-electron chi connectivity index (χ2n) is 7.13. The Morgan fingerprint density at radius 3 is 1.84 bits per heavy atom. The normalized spacial score (nSPS) is 15.5. The van der Waals surface area contributed by atoms with E-state index in [4.69, 9.17) is 0 Å². The summed E-state index contributed by atoms with van der Waals surface area (Å²) in [5, 5.41) is 11.7. The lowest BCUT2D eigenvalue weighted by molar-refractivity contribution is 0.161. The van der Waals surface area contributed by atoms with Gasteiger partial charge in [-0.3, -0.25) is 0 Å². The van der Waals surface area contributed by atoms with Gasteiger partial charge in [0.25, 0.3) is 0 Å². The predicted molar refractivity (Wildman–Crippen MR) is 89.7 cm³/mol. The van der Waals surface area contributed by atoms with Gasteiger partial charge in [0.15, 0.2) is 0 Å². The third kappa shape index (κ3) is 3.01. The maximum atomic E-state index is 11.6. The molecular weight excluding hydrogens is 264 g/mol. The quantitative estimate of drug-likeness (QED) is 0.646. The highest BCUT2D eigenvalue weighted by atomic mass is 28.3. The Hall–Kier alpha value is -0.866. The molecule has 1 aromatic rings. The van der Waals surface area contributed by atoms with Gasteiger partial charge in [0, 0.05) is 0 Å². The molecule has 0 bridgehead atoms. The molecule has 0 radical (unpaired) electrons. The first kappa shape index (κ1) is 16.2. The molecule has 1 N–H and O–H groups in total. The summed E-state index contributed by atoms with van der Waals surface area (Å²) in [6.07, 6.45) is 0. The molecule has 1 unspecified atom stereocenters. The Labute approximate surface area is 119 Å². The molecule has 104 valence electrons. The third-order valence-electron chi connectivity index (χ3n) is 3.57. The molecule has 1 aromatic carbocycles. The number of hydrogen-bond donors (Lipinski definition) is 1. The van der Waals surface area contributed by atoms with Crippen LogP contribution in [0.5, 0.6) is 0 Å². The maximum Gasteiger partial charge on any atom is 0.102 e. The van der Waals surface area contributed by atoms with E-state index in [0.717, 1.165) is 10.8 Å². The minimum atomic E-state index is -1.89. The first-order valence-corrected chi connectivity index (χ1v) is 13.7. The summed E-state index contributed by atoms with van der Waals surface area (Å²) in [5.74, 6) is 0. The summed E-state index contributed by atoms with van der Waals surface area (Å²) in [6, 6.07) is 10.0. The van der Waals surface area contributed by atoms with E-state index in [9.17, 15) is 5.11 Å². The fraction of sp³-hybridized carbons (Fsp3) is 0.438. The molecular formula is C16H26OSi2. The van der Waals surface area contributed by atoms with Gasteiger partial charge in [0.2, 0.25) is 0 Å². The molecule has 0 amide bonds. The van der Waals surface area contributed by atoms with Crippen molar-refractivity contribution in [3.05, 3.63) is 53.4 Å². The first-order chi connectivity index (χ1) is 8.55. The molecule has 0 saturated carbocycles. The lowest BCUT2D eigenvalue weighted by atomic mass is 10.1. The van der Waals surface area contributed by atoms with E-state index < -0.39 is 21.4 Å². The van der Waals surface area contributed by atoms with Gasteiger partial charge in [-0.05, 0) is 10.8 Å². The van der Waals surface area contributed by atoms with Crippen LogP contribution >= 0.6 is 0 Å². The molecule has 0 fully saturated rings. The fourth-order valence-corrected chi connectivity index (χ4v) is 8.45. The predicted octanol–water partition coefficient (Wildman–Crippen LogP) is 4.34. The van der Waals surface area contributed by atoms with Crippen molar-refractivity contribution in [3.8, 4) is 0 Å². The molecule has 0 aromatic heterocycles. The van der Waals surface area contributed by atoms with Gasteiger partial charge in [-0.25, -0.2) is 0 Å². The van der Waals surface area contributed by atoms with Gasteiger partial charge in [-0.15, -0.1) is 5.73 Å². The van der Waals surface area contributed by atoms with E-state index in [1.165, 1.54) is 0 Å². The van der Waals surface area contributed by atoms with Crippen LogP contribution in [-0.2, 0) is 5.22 Å². The number of hydrogen-bond acceptors (Lipinski definition) is 1. The van der Waals surface area contributed by atoms with Gasteiger partial charge in [0.1, 0.15) is 5.22 Å². The zero-order chi connectivity index (χ0) is 14.9. The molecule has 19 heavy (non-hydrogen) atoms. The minimum absolute atomic E-state index is 0.875. The highest BCUT2D eigenvalue weighted by Crippen LogP contribution is 2.41. The van der Waals surface area contributed by atoms with Crippen LogP contribution < -0.4 is 0 Å². The molecule has 0 aliphatic heterocycles. The number of rotatable bonds is 4. The van der Waals surface area contributed by atoms with Crippen LogP contribution in [0.2, 0.25) is 39.3 Å². The highest BCUT2D eigenvalue weighted by Gasteiger charge is 2.49. The number of aliphatic hydroxyl groups is 1. The van der Waals surface area contributed by atoms with Crippen molar-refractivity contribution in [2.45, 2.75) is 44.5 Å². The second-order valence-corrected chi connectivity index (χ2v) is 17.4. The molecule has 0 spiro atoms. The van der Waals surface area contributed by atoms with Gasteiger partial charge in [-0.1, -0.05) is 76.2 Å². The summed E-state index contributed by atoms with van der Waals surface area (Å²) < 4.78 is 0. The molecule has 0 aliphatic carbocycles. The van der Waals surface area contributed by atoms with E-state index >= 15 is 0 Å². The van der Waals surface area contributed by atoms with Crippen LogP contribution in [0.25, 0.3) is 0 Å². The van der Waals surface area contributed by atoms with Gasteiger partial charge in [-0.2, -0.15) is 0 Å². The van der Waals surface area contributed by atoms with Crippen LogP contribution in [0.3, 0.4) is 0 Å². The van der Waals surface area contributed by atoms with E-state index in [1.807, 2.05) is 30.3 Å². The topological polar surface area (TPSA) is 20.2 Å². The molecule has 1 atom stereocenters. The van der Waals surface area contributed by atoms with Crippen molar-refractivity contribution in [1.82, 2.24) is 0 Å². The molecule has 0 saturated heterocycles. The average Bonchev–Trinajstić information content (AvgIpc) is 2.27. The third-order valence-corrected chi connectivity index (χ3v) is 8.56. The Morgan fingerprint density at radius 2 is 1.53 bits per heavy atom. The number of benzene rings is 1. The second kappa shape index (κ2) is 5.25. The van der Waals surface area contributed by atoms with Crippen LogP contribution in [0.15, 0.2) is 47.8 Å². The molecule has 3 heteroatoms. The Kier molecular flexibility index (Phi) is 4.48. The summed E-state index contributed by atoms with van der Waals surface area (Å²) in [6.45, 7) is 17.2. The van der Waals surface area contributed by atoms with Crippen molar-refractivity contribution in [3.63, 3.8) is 0 Å². The summed E-state index contributed by atoms with van der Waals surface area (Å²) in [7, 11) is -3.58. The van der Waals surface area contributed by atoms with E-state index in [0.29, 0.717) is 0 Å². The average molecular weight is 291 g/mol. The van der Waals surface area contributed by atoms with Crippen molar-refractivity contribution in [1.29, 1.82) is 0 Å². The molecule has 0 heterocycles. The molecule has 1 rings (SSSR count). The summed E-state index contributed by atoms with van der Waals surface area (Å²) in [4.78, 5) is 0. The Balaban J connectivity index is 3.61. The zero-order valence-corrected chi connectivity index (χ0v) is 15.0. The van der Waals surface area contributed by atoms with E-state index in [1.54, 1.807) is 0 Å². The van der Waals surface area contributed by atoms with Crippen LogP contribution in [0.4, 0.5) is 0 Å². The summed E-state index contributed by atoms with van der Waals surface area (Å²) in [5.41, 5.74) is 4.09. The highest BCUT2D eigenvalue weighted by molar-refractivity contribution is 6.88. The van der Waals surface area contributed by atoms with Crippen molar-refractivity contribution in [2.24, 2.45) is 0 Å². The molecule has 0 aliphatic rings. The van der Waals surface area contributed by atoms with Crippen LogP contribution in [-0.4, -0.2) is 21.3 Å². The lowest BCUT2D eigenvalue weighted by Gasteiger charge is -2.44. The monoisotopic (exact) mass is 290 g/mol. The zero-order valence-electron chi connectivity index (χ0n) is 13.0.